The molecule has 19 heavy (non-hydrogen) atoms. The number of nitrogens with zero attached hydrogens (tertiary/aromatic N) is 2. The Balaban J connectivity index is 2.32. The summed E-state index contributed by atoms with van der Waals surface area (Å²) in [7, 11) is 1.60. The lowest BCUT2D eigenvalue weighted by Crippen LogP contribution is -2.14. The second-order valence-corrected chi connectivity index (χ2v) is 4.66. The topological polar surface area (TPSA) is 44.1 Å². The normalized spacial score (nSPS) is 10.7. The molecule has 1 aromatic carbocycles. The number of carbonyl (C=O) groups is 1. The molecular weight excluding hydrogens is 264 g/mol. The van der Waals surface area contributed by atoms with Crippen molar-refractivity contribution in [3.05, 3.63) is 52.3 Å². The molecule has 4 nitrogen and oxygen atoms in total. The standard InChI is InChI=1S/C14H15ClN2O2/c1-10-3-5-11(6-4-10)14(18)13-12(15)9-16-17(13)7-8-19-2/h3-6,9H,7-8H2,1-2H3. The van der Waals surface area contributed by atoms with Gasteiger partial charge in [0.2, 0.25) is 5.78 Å². The maximum absolute atomic E-state index is 12.4. The van der Waals surface area contributed by atoms with Crippen molar-refractivity contribution in [2.24, 2.45) is 0 Å². The molecule has 0 radical (unpaired) electrons. The molecule has 2 rings (SSSR count). The molecule has 0 N–H and O–H groups in total. The first kappa shape index (κ1) is 13.8. The molecule has 0 bridgehead atoms. The highest BCUT2D eigenvalue weighted by Crippen LogP contribution is 2.19. The Morgan fingerprint density at radius 2 is 2.05 bits per heavy atom. The molecule has 100 valence electrons. The van der Waals surface area contributed by atoms with Crippen LogP contribution in [0.1, 0.15) is 21.6 Å². The first-order chi connectivity index (χ1) is 9.13. The van der Waals surface area contributed by atoms with Gasteiger partial charge in [-0.1, -0.05) is 41.4 Å². The lowest BCUT2D eigenvalue weighted by molar-refractivity contribution is 0.102. The van der Waals surface area contributed by atoms with Crippen LogP contribution in [0, 0.1) is 6.92 Å². The van der Waals surface area contributed by atoms with Gasteiger partial charge in [0.1, 0.15) is 5.69 Å². The van der Waals surface area contributed by atoms with E-state index in [1.807, 2.05) is 19.1 Å². The molecule has 0 saturated heterocycles. The molecule has 1 heterocycles. The van der Waals surface area contributed by atoms with E-state index in [0.717, 1.165) is 5.56 Å². The number of aryl methyl sites for hydroxylation is 1. The number of aromatic nitrogens is 2. The van der Waals surface area contributed by atoms with Gasteiger partial charge in [-0.05, 0) is 6.92 Å². The Kier molecular flexibility index (Phi) is 4.35. The first-order valence-corrected chi connectivity index (χ1v) is 6.33. The van der Waals surface area contributed by atoms with Gasteiger partial charge in [0.25, 0.3) is 0 Å². The fraction of sp³-hybridized carbons (Fsp3) is 0.286. The van der Waals surface area contributed by atoms with Gasteiger partial charge in [0, 0.05) is 12.7 Å². The van der Waals surface area contributed by atoms with Crippen LogP contribution in [0.2, 0.25) is 5.02 Å². The van der Waals surface area contributed by atoms with Gasteiger partial charge in [-0.3, -0.25) is 9.48 Å². The van der Waals surface area contributed by atoms with Crippen LogP contribution in [-0.4, -0.2) is 29.3 Å². The molecule has 0 fully saturated rings. The quantitative estimate of drug-likeness (QED) is 0.790. The van der Waals surface area contributed by atoms with Gasteiger partial charge >= 0.3 is 0 Å². The highest BCUT2D eigenvalue weighted by atomic mass is 35.5. The van der Waals surface area contributed by atoms with E-state index in [4.69, 9.17) is 16.3 Å². The number of rotatable bonds is 5. The third kappa shape index (κ3) is 3.03. The van der Waals surface area contributed by atoms with Crippen molar-refractivity contribution in [3.63, 3.8) is 0 Å². The van der Waals surface area contributed by atoms with E-state index in [0.29, 0.717) is 29.4 Å². The maximum Gasteiger partial charge on any atom is 0.212 e. The SMILES string of the molecule is COCCn1ncc(Cl)c1C(=O)c1ccc(C)cc1. The Morgan fingerprint density at radius 3 is 2.68 bits per heavy atom. The number of methoxy groups -OCH3 is 1. The second-order valence-electron chi connectivity index (χ2n) is 4.25. The summed E-state index contributed by atoms with van der Waals surface area (Å²) in [5, 5.41) is 4.46. The summed E-state index contributed by atoms with van der Waals surface area (Å²) in [6, 6.07) is 7.39. The average Bonchev–Trinajstić information content (AvgIpc) is 2.77. The number of hydrogen-bond donors (Lipinski definition) is 0. The first-order valence-electron chi connectivity index (χ1n) is 5.95. The predicted octanol–water partition coefficient (Wildman–Crippen LogP) is 2.72. The fourth-order valence-electron chi connectivity index (χ4n) is 1.78. The van der Waals surface area contributed by atoms with E-state index >= 15 is 0 Å². The van der Waals surface area contributed by atoms with Crippen molar-refractivity contribution in [1.82, 2.24) is 9.78 Å². The molecule has 0 atom stereocenters. The van der Waals surface area contributed by atoms with Crippen LogP contribution in [0.3, 0.4) is 0 Å². The molecule has 1 aromatic heterocycles. The Labute approximate surface area is 116 Å². The number of halogens is 1. The average molecular weight is 279 g/mol. The van der Waals surface area contributed by atoms with Crippen LogP contribution in [0.15, 0.2) is 30.5 Å². The molecule has 0 saturated carbocycles. The van der Waals surface area contributed by atoms with E-state index in [-0.39, 0.29) is 5.78 Å². The summed E-state index contributed by atoms with van der Waals surface area (Å²) in [6.45, 7) is 2.95. The van der Waals surface area contributed by atoms with Crippen molar-refractivity contribution < 1.29 is 9.53 Å². The zero-order chi connectivity index (χ0) is 13.8. The number of hydrogen-bond acceptors (Lipinski definition) is 3. The summed E-state index contributed by atoms with van der Waals surface area (Å²) < 4.78 is 6.57. The maximum atomic E-state index is 12.4. The van der Waals surface area contributed by atoms with Crippen LogP contribution >= 0.6 is 11.6 Å². The zero-order valence-electron chi connectivity index (χ0n) is 10.9. The van der Waals surface area contributed by atoms with Gasteiger partial charge in [-0.2, -0.15) is 5.10 Å². The molecule has 0 spiro atoms. The molecule has 0 aliphatic rings. The van der Waals surface area contributed by atoms with Gasteiger partial charge in [0.05, 0.1) is 24.4 Å². The Hall–Kier alpha value is -1.65. The van der Waals surface area contributed by atoms with Crippen LogP contribution in [0.4, 0.5) is 0 Å². The van der Waals surface area contributed by atoms with Gasteiger partial charge < -0.3 is 4.74 Å². The van der Waals surface area contributed by atoms with Crippen molar-refractivity contribution >= 4 is 17.4 Å². The van der Waals surface area contributed by atoms with Gasteiger partial charge in [-0.15, -0.1) is 0 Å². The van der Waals surface area contributed by atoms with Gasteiger partial charge in [-0.25, -0.2) is 0 Å². The summed E-state index contributed by atoms with van der Waals surface area (Å²) in [5.74, 6) is -0.126. The number of ketones is 1. The minimum Gasteiger partial charge on any atom is -0.383 e. The van der Waals surface area contributed by atoms with Crippen molar-refractivity contribution in [3.8, 4) is 0 Å². The highest BCUT2D eigenvalue weighted by Gasteiger charge is 2.18. The van der Waals surface area contributed by atoms with Crippen LogP contribution in [0.5, 0.6) is 0 Å². The van der Waals surface area contributed by atoms with Crippen LogP contribution in [-0.2, 0) is 11.3 Å². The van der Waals surface area contributed by atoms with E-state index in [1.54, 1.807) is 23.9 Å². The molecule has 0 unspecified atom stereocenters. The van der Waals surface area contributed by atoms with E-state index in [1.165, 1.54) is 6.20 Å². The van der Waals surface area contributed by atoms with Crippen LogP contribution < -0.4 is 0 Å². The monoisotopic (exact) mass is 278 g/mol. The van der Waals surface area contributed by atoms with Crippen molar-refractivity contribution in [1.29, 1.82) is 0 Å². The minimum atomic E-state index is -0.126. The molecule has 0 aliphatic carbocycles. The highest BCUT2D eigenvalue weighted by molar-refractivity contribution is 6.34. The van der Waals surface area contributed by atoms with Crippen molar-refractivity contribution in [2.45, 2.75) is 13.5 Å². The number of benzene rings is 1. The summed E-state index contributed by atoms with van der Waals surface area (Å²) in [5.41, 5.74) is 2.12. The summed E-state index contributed by atoms with van der Waals surface area (Å²) in [4.78, 5) is 12.4. The number of carbonyl (C=O) groups excluding carboxylic acids is 1. The molecule has 0 aliphatic heterocycles. The van der Waals surface area contributed by atoms with Crippen LogP contribution in [0.25, 0.3) is 0 Å². The second kappa shape index (κ2) is 5.99. The largest absolute Gasteiger partial charge is 0.383 e. The Bertz CT molecular complexity index is 576. The minimum absolute atomic E-state index is 0.126. The lowest BCUT2D eigenvalue weighted by atomic mass is 10.1. The fourth-order valence-corrected chi connectivity index (χ4v) is 2.00. The van der Waals surface area contributed by atoms with Crippen molar-refractivity contribution in [2.75, 3.05) is 13.7 Å². The predicted molar refractivity (Wildman–Crippen MR) is 73.7 cm³/mol. The van der Waals surface area contributed by atoms with E-state index in [9.17, 15) is 4.79 Å². The van der Waals surface area contributed by atoms with E-state index < -0.39 is 0 Å². The number of ether oxygens (including phenoxy) is 1. The molecule has 0 amide bonds. The Morgan fingerprint density at radius 1 is 1.37 bits per heavy atom. The van der Waals surface area contributed by atoms with E-state index in [2.05, 4.69) is 5.10 Å². The summed E-state index contributed by atoms with van der Waals surface area (Å²) >= 11 is 6.05. The summed E-state index contributed by atoms with van der Waals surface area (Å²) in [6.07, 6.45) is 1.48. The molecular formula is C14H15ClN2O2. The zero-order valence-corrected chi connectivity index (χ0v) is 11.6. The van der Waals surface area contributed by atoms with Gasteiger partial charge in [0.15, 0.2) is 0 Å². The third-order valence-electron chi connectivity index (χ3n) is 2.83. The third-order valence-corrected chi connectivity index (χ3v) is 3.11. The molecule has 2 aromatic rings. The molecule has 5 heteroatoms. The lowest BCUT2D eigenvalue weighted by Gasteiger charge is -2.07. The smallest absolute Gasteiger partial charge is 0.212 e.